The molecular formula is C18H38IN3O3. The van der Waals surface area contributed by atoms with Crippen LogP contribution in [0.5, 0.6) is 0 Å². The lowest BCUT2D eigenvalue weighted by Crippen LogP contribution is -2.44. The maximum absolute atomic E-state index is 9.23. The number of nitrogens with one attached hydrogen (secondary N) is 2. The normalized spacial score (nSPS) is 20.2. The Kier molecular flexibility index (Phi) is 14.9. The van der Waals surface area contributed by atoms with Crippen molar-refractivity contribution in [3.05, 3.63) is 0 Å². The van der Waals surface area contributed by atoms with Gasteiger partial charge >= 0.3 is 0 Å². The average Bonchev–Trinajstić information content (AvgIpc) is 3.04. The first kappa shape index (κ1) is 24.9. The van der Waals surface area contributed by atoms with Crippen molar-refractivity contribution in [2.24, 2.45) is 16.8 Å². The smallest absolute Gasteiger partial charge is 0.191 e. The number of ether oxygens (including phenoxy) is 2. The van der Waals surface area contributed by atoms with Gasteiger partial charge in [0.2, 0.25) is 0 Å². The summed E-state index contributed by atoms with van der Waals surface area (Å²) in [5, 5.41) is 15.9. The third-order valence-electron chi connectivity index (χ3n) is 4.05. The van der Waals surface area contributed by atoms with E-state index in [9.17, 15) is 5.11 Å². The fourth-order valence-corrected chi connectivity index (χ4v) is 2.87. The van der Waals surface area contributed by atoms with E-state index in [-0.39, 0.29) is 42.7 Å². The average molecular weight is 471 g/mol. The van der Waals surface area contributed by atoms with E-state index in [0.29, 0.717) is 25.0 Å². The highest BCUT2D eigenvalue weighted by atomic mass is 127. The van der Waals surface area contributed by atoms with Gasteiger partial charge in [0.15, 0.2) is 5.96 Å². The van der Waals surface area contributed by atoms with Crippen LogP contribution in [0.1, 0.15) is 47.0 Å². The van der Waals surface area contributed by atoms with E-state index < -0.39 is 0 Å². The number of rotatable bonds is 11. The lowest BCUT2D eigenvalue weighted by molar-refractivity contribution is 0.0347. The third-order valence-corrected chi connectivity index (χ3v) is 4.05. The summed E-state index contributed by atoms with van der Waals surface area (Å²) in [5.41, 5.74) is 0. The summed E-state index contributed by atoms with van der Waals surface area (Å²) < 4.78 is 11.2. The van der Waals surface area contributed by atoms with Crippen molar-refractivity contribution in [3.8, 4) is 0 Å². The second-order valence-corrected chi connectivity index (χ2v) is 7.09. The number of hydrogen-bond donors (Lipinski definition) is 3. The fourth-order valence-electron chi connectivity index (χ4n) is 2.87. The number of aliphatic hydroxyl groups excluding tert-OH is 1. The first-order chi connectivity index (χ1) is 11.5. The third kappa shape index (κ3) is 12.0. The first-order valence-electron chi connectivity index (χ1n) is 9.40. The van der Waals surface area contributed by atoms with E-state index in [1.54, 1.807) is 0 Å². The van der Waals surface area contributed by atoms with Crippen LogP contribution >= 0.6 is 24.0 Å². The van der Waals surface area contributed by atoms with E-state index in [4.69, 9.17) is 14.5 Å². The zero-order chi connectivity index (χ0) is 17.8. The Bertz CT molecular complexity index is 350. The molecule has 0 aromatic heterocycles. The first-order valence-corrected chi connectivity index (χ1v) is 9.40. The summed E-state index contributed by atoms with van der Waals surface area (Å²) in [6.45, 7) is 12.5. The van der Waals surface area contributed by atoms with Gasteiger partial charge in [-0.05, 0) is 44.9 Å². The molecule has 0 radical (unpaired) electrons. The van der Waals surface area contributed by atoms with Crippen molar-refractivity contribution in [1.29, 1.82) is 0 Å². The molecule has 1 aliphatic heterocycles. The number of aliphatic hydroxyl groups is 1. The van der Waals surface area contributed by atoms with Crippen molar-refractivity contribution in [1.82, 2.24) is 10.6 Å². The molecule has 0 aromatic rings. The van der Waals surface area contributed by atoms with Crippen LogP contribution in [0.2, 0.25) is 0 Å². The van der Waals surface area contributed by atoms with Crippen LogP contribution in [0, 0.1) is 11.8 Å². The topological polar surface area (TPSA) is 75.1 Å². The zero-order valence-electron chi connectivity index (χ0n) is 16.3. The Hall–Kier alpha value is -0.120. The molecule has 3 atom stereocenters. The highest BCUT2D eigenvalue weighted by Gasteiger charge is 2.17. The molecule has 3 unspecified atom stereocenters. The van der Waals surface area contributed by atoms with Crippen LogP contribution in [-0.2, 0) is 9.47 Å². The highest BCUT2D eigenvalue weighted by Crippen LogP contribution is 2.15. The van der Waals surface area contributed by atoms with Crippen LogP contribution < -0.4 is 10.6 Å². The van der Waals surface area contributed by atoms with Crippen LogP contribution in [0.15, 0.2) is 4.99 Å². The molecule has 0 bridgehead atoms. The van der Waals surface area contributed by atoms with Crippen molar-refractivity contribution < 1.29 is 14.6 Å². The molecule has 3 N–H and O–H groups in total. The van der Waals surface area contributed by atoms with Gasteiger partial charge in [-0.3, -0.25) is 4.99 Å². The fraction of sp³-hybridized carbons (Fsp3) is 0.944. The summed E-state index contributed by atoms with van der Waals surface area (Å²) in [6, 6.07) is 0.185. The molecule has 1 heterocycles. The summed E-state index contributed by atoms with van der Waals surface area (Å²) in [6.07, 6.45) is 3.11. The van der Waals surface area contributed by atoms with Gasteiger partial charge in [0.1, 0.15) is 0 Å². The Morgan fingerprint density at radius 3 is 2.68 bits per heavy atom. The second kappa shape index (κ2) is 15.0. The predicted octanol–water partition coefficient (Wildman–Crippen LogP) is 2.40. The molecule has 0 aliphatic carbocycles. The molecule has 6 nitrogen and oxygen atoms in total. The van der Waals surface area contributed by atoms with Crippen molar-refractivity contribution >= 4 is 29.9 Å². The molecule has 1 fully saturated rings. The minimum Gasteiger partial charge on any atom is -0.396 e. The highest BCUT2D eigenvalue weighted by molar-refractivity contribution is 14.0. The van der Waals surface area contributed by atoms with Crippen molar-refractivity contribution in [3.63, 3.8) is 0 Å². The van der Waals surface area contributed by atoms with E-state index in [1.807, 2.05) is 0 Å². The maximum Gasteiger partial charge on any atom is 0.191 e. The molecule has 1 aliphatic rings. The Labute approximate surface area is 170 Å². The minimum atomic E-state index is 0. The molecule has 1 saturated heterocycles. The number of aliphatic imine (C=N–C) groups is 1. The van der Waals surface area contributed by atoms with Gasteiger partial charge in [-0.2, -0.15) is 0 Å². The predicted molar refractivity (Wildman–Crippen MR) is 114 cm³/mol. The molecule has 0 amide bonds. The molecule has 25 heavy (non-hydrogen) atoms. The monoisotopic (exact) mass is 471 g/mol. The second-order valence-electron chi connectivity index (χ2n) is 7.09. The standard InChI is InChI=1S/C18H37N3O3.HI/c1-5-19-18(20-11-16(6-8-22)10-14(2)3)21-15(4)12-24-17-7-9-23-13-17;/h14-17,22H,5-13H2,1-4H3,(H2,19,20,21);1H. The molecule has 7 heteroatoms. The van der Waals surface area contributed by atoms with Gasteiger partial charge in [0.25, 0.3) is 0 Å². The zero-order valence-corrected chi connectivity index (χ0v) is 18.6. The van der Waals surface area contributed by atoms with Gasteiger partial charge < -0.3 is 25.2 Å². The minimum absolute atomic E-state index is 0. The van der Waals surface area contributed by atoms with Gasteiger partial charge in [0, 0.05) is 32.3 Å². The number of nitrogens with zero attached hydrogens (tertiary/aromatic N) is 1. The maximum atomic E-state index is 9.23. The molecule has 150 valence electrons. The van der Waals surface area contributed by atoms with E-state index in [0.717, 1.165) is 44.9 Å². The quantitative estimate of drug-likeness (QED) is 0.245. The largest absolute Gasteiger partial charge is 0.396 e. The van der Waals surface area contributed by atoms with Gasteiger partial charge in [-0.15, -0.1) is 24.0 Å². The number of guanidine groups is 1. The molecule has 0 aromatic carbocycles. The van der Waals surface area contributed by atoms with E-state index in [1.165, 1.54) is 0 Å². The van der Waals surface area contributed by atoms with Crippen LogP contribution in [0.4, 0.5) is 0 Å². The molecule has 0 saturated carbocycles. The molecule has 1 rings (SSSR count). The van der Waals surface area contributed by atoms with Crippen LogP contribution in [-0.4, -0.2) is 62.7 Å². The lowest BCUT2D eigenvalue weighted by atomic mass is 9.94. The number of hydrogen-bond acceptors (Lipinski definition) is 4. The lowest BCUT2D eigenvalue weighted by Gasteiger charge is -2.21. The van der Waals surface area contributed by atoms with Crippen LogP contribution in [0.25, 0.3) is 0 Å². The Balaban J connectivity index is 0.00000576. The van der Waals surface area contributed by atoms with E-state index >= 15 is 0 Å². The molecule has 0 spiro atoms. The van der Waals surface area contributed by atoms with Crippen LogP contribution in [0.3, 0.4) is 0 Å². The van der Waals surface area contributed by atoms with Gasteiger partial charge in [-0.25, -0.2) is 0 Å². The molecular weight excluding hydrogens is 433 g/mol. The van der Waals surface area contributed by atoms with Gasteiger partial charge in [-0.1, -0.05) is 13.8 Å². The van der Waals surface area contributed by atoms with Crippen molar-refractivity contribution in [2.75, 3.05) is 39.5 Å². The summed E-state index contributed by atoms with van der Waals surface area (Å²) in [5.74, 6) is 1.86. The van der Waals surface area contributed by atoms with Gasteiger partial charge in [0.05, 0.1) is 19.3 Å². The Morgan fingerprint density at radius 2 is 2.12 bits per heavy atom. The van der Waals surface area contributed by atoms with Crippen molar-refractivity contribution in [2.45, 2.75) is 59.1 Å². The summed E-state index contributed by atoms with van der Waals surface area (Å²) in [7, 11) is 0. The summed E-state index contributed by atoms with van der Waals surface area (Å²) >= 11 is 0. The SMILES string of the molecule is CCNC(=NCC(CCO)CC(C)C)NC(C)COC1CCOC1.I. The number of halogens is 1. The Morgan fingerprint density at radius 1 is 1.36 bits per heavy atom. The van der Waals surface area contributed by atoms with E-state index in [2.05, 4.69) is 38.3 Å². The summed E-state index contributed by atoms with van der Waals surface area (Å²) in [4.78, 5) is 4.71.